The van der Waals surface area contributed by atoms with Crippen molar-refractivity contribution in [2.75, 3.05) is 26.2 Å². The van der Waals surface area contributed by atoms with Gasteiger partial charge in [-0.15, -0.1) is 12.4 Å². The average Bonchev–Trinajstić information content (AvgIpc) is 2.68. The number of piperazine rings is 1. The maximum Gasteiger partial charge on any atom is 0.137 e. The molecule has 0 saturated carbocycles. The molecule has 2 aromatic rings. The molecule has 5 heteroatoms. The molecule has 0 spiro atoms. The van der Waals surface area contributed by atoms with Gasteiger partial charge in [0.1, 0.15) is 5.65 Å². The van der Waals surface area contributed by atoms with E-state index in [1.165, 1.54) is 5.69 Å². The highest BCUT2D eigenvalue weighted by molar-refractivity contribution is 5.85. The lowest BCUT2D eigenvalue weighted by Gasteiger charge is -2.27. The van der Waals surface area contributed by atoms with Crippen molar-refractivity contribution >= 4 is 18.1 Å². The maximum absolute atomic E-state index is 4.60. The van der Waals surface area contributed by atoms with Crippen LogP contribution in [0.1, 0.15) is 11.4 Å². The molecule has 0 radical (unpaired) electrons. The molecular formula is C13H19ClN4. The number of imidazole rings is 1. The second kappa shape index (κ2) is 5.69. The highest BCUT2D eigenvalue weighted by Gasteiger charge is 2.14. The Morgan fingerprint density at radius 1 is 1.28 bits per heavy atom. The summed E-state index contributed by atoms with van der Waals surface area (Å²) in [6.07, 6.45) is 2.10. The molecule has 0 unspecified atom stereocenters. The van der Waals surface area contributed by atoms with Crippen molar-refractivity contribution < 1.29 is 0 Å². The number of nitrogens with zero attached hydrogens (tertiary/aromatic N) is 3. The van der Waals surface area contributed by atoms with Gasteiger partial charge in [-0.3, -0.25) is 4.90 Å². The van der Waals surface area contributed by atoms with E-state index < -0.39 is 0 Å². The van der Waals surface area contributed by atoms with E-state index in [1.807, 2.05) is 6.07 Å². The van der Waals surface area contributed by atoms with E-state index in [0.29, 0.717) is 0 Å². The van der Waals surface area contributed by atoms with Crippen LogP contribution in [0, 0.1) is 6.92 Å². The third kappa shape index (κ3) is 2.51. The van der Waals surface area contributed by atoms with Gasteiger partial charge >= 0.3 is 0 Å². The summed E-state index contributed by atoms with van der Waals surface area (Å²) in [6, 6.07) is 6.17. The smallest absolute Gasteiger partial charge is 0.137 e. The van der Waals surface area contributed by atoms with Gasteiger partial charge in [-0.2, -0.15) is 0 Å². The monoisotopic (exact) mass is 266 g/mol. The Bertz CT molecular complexity index is 517. The van der Waals surface area contributed by atoms with Crippen molar-refractivity contribution in [2.24, 2.45) is 0 Å². The van der Waals surface area contributed by atoms with Crippen molar-refractivity contribution in [1.29, 1.82) is 0 Å². The Morgan fingerprint density at radius 2 is 2.06 bits per heavy atom. The van der Waals surface area contributed by atoms with Gasteiger partial charge in [0.15, 0.2) is 0 Å². The summed E-state index contributed by atoms with van der Waals surface area (Å²) in [5.74, 6) is 0. The highest BCUT2D eigenvalue weighted by Crippen LogP contribution is 2.14. The molecule has 0 aromatic carbocycles. The Hall–Kier alpha value is -1.10. The molecule has 3 heterocycles. The number of nitrogens with one attached hydrogen (secondary N) is 1. The second-order valence-corrected chi connectivity index (χ2v) is 4.60. The molecule has 1 N–H and O–H groups in total. The third-order valence-corrected chi connectivity index (χ3v) is 3.41. The van der Waals surface area contributed by atoms with Gasteiger partial charge < -0.3 is 9.72 Å². The van der Waals surface area contributed by atoms with Crippen LogP contribution in [0.5, 0.6) is 0 Å². The van der Waals surface area contributed by atoms with Crippen LogP contribution >= 0.6 is 12.4 Å². The summed E-state index contributed by atoms with van der Waals surface area (Å²) in [7, 11) is 0. The summed E-state index contributed by atoms with van der Waals surface area (Å²) in [5.41, 5.74) is 3.52. The first-order valence-corrected chi connectivity index (χ1v) is 6.20. The third-order valence-electron chi connectivity index (χ3n) is 3.41. The van der Waals surface area contributed by atoms with E-state index in [4.69, 9.17) is 0 Å². The molecule has 98 valence electrons. The Balaban J connectivity index is 0.00000120. The van der Waals surface area contributed by atoms with Gasteiger partial charge in [-0.1, -0.05) is 6.07 Å². The zero-order valence-electron chi connectivity index (χ0n) is 10.6. The van der Waals surface area contributed by atoms with Gasteiger partial charge in [-0.05, 0) is 19.1 Å². The predicted molar refractivity (Wildman–Crippen MR) is 75.3 cm³/mol. The molecule has 0 bridgehead atoms. The van der Waals surface area contributed by atoms with Crippen LogP contribution in [0.3, 0.4) is 0 Å². The number of aromatic nitrogens is 2. The summed E-state index contributed by atoms with van der Waals surface area (Å²) >= 11 is 0. The van der Waals surface area contributed by atoms with Gasteiger partial charge in [0.05, 0.1) is 11.4 Å². The topological polar surface area (TPSA) is 32.6 Å². The number of pyridine rings is 1. The summed E-state index contributed by atoms with van der Waals surface area (Å²) in [5, 5.41) is 3.38. The van der Waals surface area contributed by atoms with E-state index in [9.17, 15) is 0 Å². The van der Waals surface area contributed by atoms with Crippen molar-refractivity contribution in [1.82, 2.24) is 19.6 Å². The minimum Gasteiger partial charge on any atom is -0.314 e. The van der Waals surface area contributed by atoms with Crippen LogP contribution in [0.4, 0.5) is 0 Å². The molecule has 3 rings (SSSR count). The Labute approximate surface area is 113 Å². The number of rotatable bonds is 2. The number of fused-ring (bicyclic) bond motifs is 1. The quantitative estimate of drug-likeness (QED) is 0.894. The molecule has 0 amide bonds. The van der Waals surface area contributed by atoms with E-state index in [0.717, 1.165) is 44.1 Å². The first-order valence-electron chi connectivity index (χ1n) is 6.20. The van der Waals surface area contributed by atoms with Crippen LogP contribution in [0.2, 0.25) is 0 Å². The first-order chi connectivity index (χ1) is 8.34. The van der Waals surface area contributed by atoms with Crippen LogP contribution in [-0.4, -0.2) is 40.5 Å². The summed E-state index contributed by atoms with van der Waals surface area (Å²) in [6.45, 7) is 7.54. The molecule has 2 aromatic heterocycles. The van der Waals surface area contributed by atoms with Gasteiger partial charge in [0.25, 0.3) is 0 Å². The zero-order chi connectivity index (χ0) is 11.7. The maximum atomic E-state index is 4.60. The highest BCUT2D eigenvalue weighted by atomic mass is 35.5. The van der Waals surface area contributed by atoms with Crippen molar-refractivity contribution in [3.05, 3.63) is 35.8 Å². The average molecular weight is 267 g/mol. The minimum atomic E-state index is 0. The van der Waals surface area contributed by atoms with Crippen LogP contribution in [0.15, 0.2) is 24.4 Å². The van der Waals surface area contributed by atoms with Crippen molar-refractivity contribution in [3.8, 4) is 0 Å². The molecule has 1 fully saturated rings. The molecule has 1 aliphatic rings. The lowest BCUT2D eigenvalue weighted by molar-refractivity contribution is 0.230. The van der Waals surface area contributed by atoms with Crippen molar-refractivity contribution in [3.63, 3.8) is 0 Å². The zero-order valence-corrected chi connectivity index (χ0v) is 11.4. The predicted octanol–water partition coefficient (Wildman–Crippen LogP) is 1.47. The number of hydrogen-bond acceptors (Lipinski definition) is 3. The molecule has 1 aliphatic heterocycles. The van der Waals surface area contributed by atoms with Crippen LogP contribution in [0.25, 0.3) is 5.65 Å². The van der Waals surface area contributed by atoms with Crippen LogP contribution < -0.4 is 5.32 Å². The minimum absolute atomic E-state index is 0. The molecule has 0 atom stereocenters. The van der Waals surface area contributed by atoms with E-state index in [-0.39, 0.29) is 12.4 Å². The largest absolute Gasteiger partial charge is 0.314 e. The number of halogens is 1. The number of aryl methyl sites for hydroxylation is 1. The number of hydrogen-bond donors (Lipinski definition) is 1. The van der Waals surface area contributed by atoms with Crippen LogP contribution in [-0.2, 0) is 6.54 Å². The van der Waals surface area contributed by atoms with E-state index >= 15 is 0 Å². The second-order valence-electron chi connectivity index (χ2n) is 4.60. The molecule has 1 saturated heterocycles. The SMILES string of the molecule is Cc1nc2ccccn2c1CN1CCNCC1.Cl. The first kappa shape index (κ1) is 13.3. The van der Waals surface area contributed by atoms with Gasteiger partial charge in [0.2, 0.25) is 0 Å². The van der Waals surface area contributed by atoms with Crippen molar-refractivity contribution in [2.45, 2.75) is 13.5 Å². The standard InChI is InChI=1S/C13H18N4.ClH/c1-11-12(10-16-8-5-14-6-9-16)17-7-3-2-4-13(17)15-11;/h2-4,7,14H,5-6,8-10H2,1H3;1H. The normalized spacial score (nSPS) is 16.7. The lowest BCUT2D eigenvalue weighted by atomic mass is 10.3. The molecular weight excluding hydrogens is 248 g/mol. The molecule has 0 aliphatic carbocycles. The van der Waals surface area contributed by atoms with Gasteiger partial charge in [0, 0.05) is 38.9 Å². The fourth-order valence-corrected chi connectivity index (χ4v) is 2.44. The van der Waals surface area contributed by atoms with E-state index in [2.05, 4.69) is 44.9 Å². The summed E-state index contributed by atoms with van der Waals surface area (Å²) < 4.78 is 2.21. The fraction of sp³-hybridized carbons (Fsp3) is 0.462. The van der Waals surface area contributed by atoms with Gasteiger partial charge in [-0.25, -0.2) is 4.98 Å². The molecule has 4 nitrogen and oxygen atoms in total. The Morgan fingerprint density at radius 3 is 2.83 bits per heavy atom. The molecule has 18 heavy (non-hydrogen) atoms. The summed E-state index contributed by atoms with van der Waals surface area (Å²) in [4.78, 5) is 7.09. The fourth-order valence-electron chi connectivity index (χ4n) is 2.44. The van der Waals surface area contributed by atoms with E-state index in [1.54, 1.807) is 0 Å². The Kier molecular flexibility index (Phi) is 4.22. The lowest BCUT2D eigenvalue weighted by Crippen LogP contribution is -2.43.